The number of hydrogen-bond acceptors (Lipinski definition) is 5. The summed E-state index contributed by atoms with van der Waals surface area (Å²) in [6.07, 6.45) is 0.527. The third-order valence-electron chi connectivity index (χ3n) is 2.23. The summed E-state index contributed by atoms with van der Waals surface area (Å²) in [5, 5.41) is 19.4. The molecule has 1 aromatic rings. The van der Waals surface area contributed by atoms with E-state index in [-0.39, 0.29) is 16.3 Å². The van der Waals surface area contributed by atoms with Crippen LogP contribution in [0.5, 0.6) is 0 Å². The minimum atomic E-state index is -3.75. The normalized spacial score (nSPS) is 13.4. The predicted molar refractivity (Wildman–Crippen MR) is 67.4 cm³/mol. The van der Waals surface area contributed by atoms with E-state index in [2.05, 4.69) is 4.72 Å². The van der Waals surface area contributed by atoms with Gasteiger partial charge < -0.3 is 10.2 Å². The van der Waals surface area contributed by atoms with Crippen molar-refractivity contribution in [3.63, 3.8) is 0 Å². The Bertz CT molecular complexity index is 508. The van der Waals surface area contributed by atoms with Gasteiger partial charge >= 0.3 is 5.97 Å². The lowest BCUT2D eigenvalue weighted by molar-refractivity contribution is 0.0702. The van der Waals surface area contributed by atoms with E-state index in [1.165, 1.54) is 5.38 Å². The number of thiophene rings is 1. The molecule has 0 aliphatic carbocycles. The molecule has 102 valence electrons. The number of rotatable bonds is 7. The molecule has 1 aromatic heterocycles. The summed E-state index contributed by atoms with van der Waals surface area (Å²) >= 11 is 0.848. The molecule has 0 aliphatic rings. The molecule has 0 aliphatic heterocycles. The molecule has 0 radical (unpaired) electrons. The summed E-state index contributed by atoms with van der Waals surface area (Å²) in [6.45, 7) is 1.81. The van der Waals surface area contributed by atoms with Crippen molar-refractivity contribution in [3.05, 3.63) is 16.3 Å². The summed E-state index contributed by atoms with van der Waals surface area (Å²) in [5.41, 5.74) is 0. The number of hydrogen-bond donors (Lipinski definition) is 3. The van der Waals surface area contributed by atoms with Crippen LogP contribution in [0.15, 0.2) is 16.3 Å². The Morgan fingerprint density at radius 3 is 2.72 bits per heavy atom. The Balaban J connectivity index is 2.71. The second kappa shape index (κ2) is 6.28. The molecule has 3 N–H and O–H groups in total. The molecule has 1 heterocycles. The molecule has 0 aromatic carbocycles. The summed E-state index contributed by atoms with van der Waals surface area (Å²) in [4.78, 5) is 10.5. The van der Waals surface area contributed by atoms with E-state index >= 15 is 0 Å². The molecule has 8 heteroatoms. The number of carboxylic acids is 1. The maximum Gasteiger partial charge on any atom is 0.345 e. The average molecular weight is 293 g/mol. The zero-order valence-corrected chi connectivity index (χ0v) is 11.4. The van der Waals surface area contributed by atoms with Crippen molar-refractivity contribution >= 4 is 27.3 Å². The van der Waals surface area contributed by atoms with Crippen LogP contribution in [0.1, 0.15) is 29.4 Å². The first-order chi connectivity index (χ1) is 8.36. The van der Waals surface area contributed by atoms with E-state index in [1.807, 2.05) is 6.92 Å². The van der Waals surface area contributed by atoms with Gasteiger partial charge in [-0.05, 0) is 12.5 Å². The van der Waals surface area contributed by atoms with E-state index in [0.29, 0.717) is 6.42 Å². The number of aliphatic hydroxyl groups is 1. The zero-order valence-electron chi connectivity index (χ0n) is 9.79. The van der Waals surface area contributed by atoms with E-state index in [0.717, 1.165) is 23.8 Å². The summed E-state index contributed by atoms with van der Waals surface area (Å²) in [7, 11) is -3.75. The number of nitrogens with one attached hydrogen (secondary N) is 1. The van der Waals surface area contributed by atoms with Gasteiger partial charge in [-0.15, -0.1) is 11.3 Å². The lowest BCUT2D eigenvalue weighted by Crippen LogP contribution is -2.31. The van der Waals surface area contributed by atoms with Crippen molar-refractivity contribution in [2.75, 3.05) is 6.54 Å². The fraction of sp³-hybridized carbons (Fsp3) is 0.500. The number of sulfonamides is 1. The second-order valence-electron chi connectivity index (χ2n) is 3.75. The van der Waals surface area contributed by atoms with E-state index in [1.54, 1.807) is 0 Å². The maximum absolute atomic E-state index is 11.8. The zero-order chi connectivity index (χ0) is 13.8. The van der Waals surface area contributed by atoms with Crippen LogP contribution in [0.4, 0.5) is 0 Å². The SMILES string of the molecule is CCCC(O)CNS(=O)(=O)c1csc(C(=O)O)c1. The number of carbonyl (C=O) groups is 1. The van der Waals surface area contributed by atoms with Crippen molar-refractivity contribution in [1.82, 2.24) is 4.72 Å². The molecule has 0 bridgehead atoms. The van der Waals surface area contributed by atoms with Crippen molar-refractivity contribution in [3.8, 4) is 0 Å². The summed E-state index contributed by atoms with van der Waals surface area (Å²) in [6, 6.07) is 1.10. The van der Waals surface area contributed by atoms with Gasteiger partial charge in [0.25, 0.3) is 0 Å². The van der Waals surface area contributed by atoms with Crippen LogP contribution in [-0.4, -0.2) is 37.2 Å². The quantitative estimate of drug-likeness (QED) is 0.692. The molecule has 6 nitrogen and oxygen atoms in total. The molecule has 0 saturated heterocycles. The fourth-order valence-electron chi connectivity index (χ4n) is 1.30. The first-order valence-electron chi connectivity index (χ1n) is 5.36. The first kappa shape index (κ1) is 15.1. The van der Waals surface area contributed by atoms with Crippen LogP contribution in [0, 0.1) is 0 Å². The summed E-state index contributed by atoms with van der Waals surface area (Å²) < 4.78 is 25.8. The standard InChI is InChI=1S/C10H15NO5S2/c1-2-3-7(12)5-11-18(15,16)8-4-9(10(13)14)17-6-8/h4,6-7,11-12H,2-3,5H2,1H3,(H,13,14). The maximum atomic E-state index is 11.8. The Labute approximate surface area is 109 Å². The molecule has 0 amide bonds. The molecular weight excluding hydrogens is 278 g/mol. The largest absolute Gasteiger partial charge is 0.477 e. The van der Waals surface area contributed by atoms with Gasteiger partial charge in [0.2, 0.25) is 10.0 Å². The van der Waals surface area contributed by atoms with Crippen molar-refractivity contribution in [1.29, 1.82) is 0 Å². The van der Waals surface area contributed by atoms with Crippen molar-refractivity contribution in [2.24, 2.45) is 0 Å². The smallest absolute Gasteiger partial charge is 0.345 e. The van der Waals surface area contributed by atoms with Gasteiger partial charge in [0.05, 0.1) is 11.0 Å². The lowest BCUT2D eigenvalue weighted by atomic mass is 10.2. The van der Waals surface area contributed by atoms with Gasteiger partial charge in [-0.25, -0.2) is 17.9 Å². The monoisotopic (exact) mass is 293 g/mol. The second-order valence-corrected chi connectivity index (χ2v) is 6.42. The highest BCUT2D eigenvalue weighted by molar-refractivity contribution is 7.89. The molecule has 0 fully saturated rings. The first-order valence-corrected chi connectivity index (χ1v) is 7.72. The molecule has 18 heavy (non-hydrogen) atoms. The van der Waals surface area contributed by atoms with E-state index < -0.39 is 22.1 Å². The average Bonchev–Trinajstić information content (AvgIpc) is 2.77. The van der Waals surface area contributed by atoms with Gasteiger partial charge in [-0.3, -0.25) is 0 Å². The Morgan fingerprint density at radius 1 is 1.56 bits per heavy atom. The fourth-order valence-corrected chi connectivity index (χ4v) is 3.48. The highest BCUT2D eigenvalue weighted by atomic mass is 32.2. The van der Waals surface area contributed by atoms with Crippen LogP contribution in [0.25, 0.3) is 0 Å². The molecule has 0 saturated carbocycles. The van der Waals surface area contributed by atoms with E-state index in [4.69, 9.17) is 5.11 Å². The van der Waals surface area contributed by atoms with E-state index in [9.17, 15) is 18.3 Å². The van der Waals surface area contributed by atoms with Crippen LogP contribution >= 0.6 is 11.3 Å². The Hall–Kier alpha value is -0.960. The third kappa shape index (κ3) is 4.05. The highest BCUT2D eigenvalue weighted by Gasteiger charge is 2.19. The number of aromatic carboxylic acids is 1. The number of carboxylic acid groups (broad SMARTS) is 1. The lowest BCUT2D eigenvalue weighted by Gasteiger charge is -2.10. The highest BCUT2D eigenvalue weighted by Crippen LogP contribution is 2.19. The molecular formula is C10H15NO5S2. The third-order valence-corrected chi connectivity index (χ3v) is 4.70. The van der Waals surface area contributed by atoms with Gasteiger partial charge in [0.1, 0.15) is 4.88 Å². The van der Waals surface area contributed by atoms with Crippen LogP contribution in [0.2, 0.25) is 0 Å². The van der Waals surface area contributed by atoms with Gasteiger partial charge in [-0.1, -0.05) is 13.3 Å². The minimum Gasteiger partial charge on any atom is -0.477 e. The van der Waals surface area contributed by atoms with Gasteiger partial charge in [-0.2, -0.15) is 0 Å². The van der Waals surface area contributed by atoms with Crippen molar-refractivity contribution < 1.29 is 23.4 Å². The van der Waals surface area contributed by atoms with Gasteiger partial charge in [0.15, 0.2) is 0 Å². The summed E-state index contributed by atoms with van der Waals surface area (Å²) in [5.74, 6) is -1.16. The van der Waals surface area contributed by atoms with Crippen LogP contribution in [-0.2, 0) is 10.0 Å². The van der Waals surface area contributed by atoms with Crippen LogP contribution < -0.4 is 4.72 Å². The molecule has 1 rings (SSSR count). The topological polar surface area (TPSA) is 104 Å². The molecule has 1 atom stereocenters. The minimum absolute atomic E-state index is 0.0375. The molecule has 1 unspecified atom stereocenters. The Kier molecular flexibility index (Phi) is 5.27. The number of aliphatic hydroxyl groups excluding tert-OH is 1. The van der Waals surface area contributed by atoms with Crippen molar-refractivity contribution in [2.45, 2.75) is 30.8 Å². The predicted octanol–water partition coefficient (Wildman–Crippen LogP) is 0.886. The van der Waals surface area contributed by atoms with Gasteiger partial charge in [0, 0.05) is 11.9 Å². The van der Waals surface area contributed by atoms with Crippen LogP contribution in [0.3, 0.4) is 0 Å². The molecule has 0 spiro atoms. The Morgan fingerprint density at radius 2 is 2.22 bits per heavy atom.